The Morgan fingerprint density at radius 1 is 0.867 bits per heavy atom. The number of halogens is 2. The molecule has 0 amide bonds. The highest BCUT2D eigenvalue weighted by atomic mass is 32.2. The van der Waals surface area contributed by atoms with E-state index in [0.717, 1.165) is 0 Å². The van der Waals surface area contributed by atoms with Crippen LogP contribution in [0.3, 0.4) is 0 Å². The molecule has 2 nitrogen and oxygen atoms in total. The summed E-state index contributed by atoms with van der Waals surface area (Å²) in [6, 6.07) is 5.96. The fourth-order valence-corrected chi connectivity index (χ4v) is 3.35. The molecule has 0 atom stereocenters. The highest BCUT2D eigenvalue weighted by molar-refractivity contribution is 7.97. The molecule has 0 radical (unpaired) electrons. The van der Waals surface area contributed by atoms with Crippen molar-refractivity contribution >= 4 is 20.6 Å². The summed E-state index contributed by atoms with van der Waals surface area (Å²) < 4.78 is 49.3. The lowest BCUT2D eigenvalue weighted by Crippen LogP contribution is -1.84. The largest absolute Gasteiger partial charge is 0.218 e. The number of hydrogen-bond acceptors (Lipinski definition) is 2. The predicted octanol–water partition coefficient (Wildman–Crippen LogP) is 2.26. The highest BCUT2D eigenvalue weighted by Crippen LogP contribution is 2.48. The Labute approximate surface area is 84.1 Å². The van der Waals surface area contributed by atoms with Crippen molar-refractivity contribution in [3.63, 3.8) is 0 Å². The third-order valence-corrected chi connectivity index (χ3v) is 4.18. The molecule has 0 saturated carbocycles. The van der Waals surface area contributed by atoms with Crippen LogP contribution in [0.4, 0.5) is 8.78 Å². The smallest absolute Gasteiger partial charge is 0.212 e. The van der Waals surface area contributed by atoms with Crippen LogP contribution in [0.15, 0.2) is 34.1 Å². The third-order valence-electron chi connectivity index (χ3n) is 2.50. The van der Waals surface area contributed by atoms with Crippen LogP contribution in [0, 0.1) is 11.6 Å². The van der Waals surface area contributed by atoms with Gasteiger partial charge in [0.05, 0.1) is 0 Å². The van der Waals surface area contributed by atoms with E-state index < -0.39 is 26.4 Å². The van der Waals surface area contributed by atoms with Gasteiger partial charge in [-0.2, -0.15) is 0 Å². The molecule has 3 rings (SSSR count). The van der Waals surface area contributed by atoms with Crippen molar-refractivity contribution in [1.82, 2.24) is 0 Å². The molecule has 1 aliphatic heterocycles. The molecular formula is C10H4F2O2S. The Morgan fingerprint density at radius 2 is 1.47 bits per heavy atom. The van der Waals surface area contributed by atoms with Crippen molar-refractivity contribution in [3.05, 3.63) is 35.9 Å². The average molecular weight is 226 g/mol. The first-order chi connectivity index (χ1) is 7.05. The molecule has 0 saturated heterocycles. The Hall–Kier alpha value is -1.49. The van der Waals surface area contributed by atoms with Gasteiger partial charge in [0.25, 0.3) is 0 Å². The number of benzene rings is 2. The molecule has 1 heterocycles. The molecule has 1 aliphatic rings. The summed E-state index contributed by atoms with van der Waals surface area (Å²) in [7, 11) is -3.67. The van der Waals surface area contributed by atoms with E-state index in [9.17, 15) is 17.2 Å². The first kappa shape index (κ1) is 8.79. The molecule has 0 aliphatic carbocycles. The molecule has 2 aromatic rings. The average Bonchev–Trinajstić information content (AvgIpc) is 2.79. The van der Waals surface area contributed by atoms with E-state index in [4.69, 9.17) is 0 Å². The van der Waals surface area contributed by atoms with Crippen LogP contribution in [0.5, 0.6) is 0 Å². The molecule has 5 heteroatoms. The Bertz CT molecular complexity index is 705. The van der Waals surface area contributed by atoms with Gasteiger partial charge in [-0.1, -0.05) is 24.3 Å². The van der Waals surface area contributed by atoms with Gasteiger partial charge in [0.1, 0.15) is 9.79 Å². The maximum absolute atomic E-state index is 13.4. The van der Waals surface area contributed by atoms with Crippen LogP contribution in [0.2, 0.25) is 0 Å². The summed E-state index contributed by atoms with van der Waals surface area (Å²) in [5.41, 5.74) is 0. The minimum Gasteiger partial charge on any atom is -0.218 e. The minimum absolute atomic E-state index is 0.00910. The van der Waals surface area contributed by atoms with Gasteiger partial charge in [-0.3, -0.25) is 0 Å². The SMILES string of the molecule is O=S1(=O)c2c(F)c(F)c3ccccc3c21. The van der Waals surface area contributed by atoms with Crippen molar-refractivity contribution < 1.29 is 17.2 Å². The van der Waals surface area contributed by atoms with E-state index in [0.29, 0.717) is 0 Å². The van der Waals surface area contributed by atoms with Gasteiger partial charge in [0.2, 0.25) is 9.84 Å². The topological polar surface area (TPSA) is 34.1 Å². The molecule has 0 fully saturated rings. The normalized spacial score (nSPS) is 16.4. The van der Waals surface area contributed by atoms with Crippen LogP contribution in [0.25, 0.3) is 10.8 Å². The Balaban J connectivity index is 2.64. The molecular weight excluding hydrogens is 222 g/mol. The van der Waals surface area contributed by atoms with Crippen LogP contribution >= 0.6 is 0 Å². The maximum atomic E-state index is 13.4. The number of hydrogen-bond donors (Lipinski definition) is 0. The van der Waals surface area contributed by atoms with Crippen molar-refractivity contribution in [1.29, 1.82) is 0 Å². The van der Waals surface area contributed by atoms with Crippen molar-refractivity contribution in [2.24, 2.45) is 0 Å². The fourth-order valence-electron chi connectivity index (χ4n) is 1.77. The number of rotatable bonds is 0. The summed E-state index contributed by atoms with van der Waals surface area (Å²) in [5.74, 6) is -2.35. The molecule has 0 N–H and O–H groups in total. The molecule has 0 spiro atoms. The van der Waals surface area contributed by atoms with Crippen LogP contribution in [0.1, 0.15) is 0 Å². The third kappa shape index (κ3) is 0.885. The van der Waals surface area contributed by atoms with E-state index in [1.165, 1.54) is 18.2 Å². The lowest BCUT2D eigenvalue weighted by Gasteiger charge is -1.96. The van der Waals surface area contributed by atoms with E-state index in [2.05, 4.69) is 0 Å². The second kappa shape index (κ2) is 2.36. The quantitative estimate of drug-likeness (QED) is 0.551. The summed E-state index contributed by atoms with van der Waals surface area (Å²) in [6.45, 7) is 0. The zero-order valence-corrected chi connectivity index (χ0v) is 8.11. The second-order valence-electron chi connectivity index (χ2n) is 3.34. The van der Waals surface area contributed by atoms with Crippen molar-refractivity contribution in [2.45, 2.75) is 9.79 Å². The molecule has 0 bridgehead atoms. The Morgan fingerprint density at radius 3 is 2.13 bits per heavy atom. The van der Waals surface area contributed by atoms with Gasteiger partial charge in [-0.15, -0.1) is 0 Å². The van der Waals surface area contributed by atoms with Gasteiger partial charge in [-0.25, -0.2) is 17.2 Å². The van der Waals surface area contributed by atoms with Crippen LogP contribution in [-0.2, 0) is 9.84 Å². The van der Waals surface area contributed by atoms with Gasteiger partial charge >= 0.3 is 0 Å². The van der Waals surface area contributed by atoms with Gasteiger partial charge < -0.3 is 0 Å². The highest BCUT2D eigenvalue weighted by Gasteiger charge is 2.46. The summed E-state index contributed by atoms with van der Waals surface area (Å²) >= 11 is 0. The fraction of sp³-hybridized carbons (Fsp3) is 0. The monoisotopic (exact) mass is 226 g/mol. The zero-order valence-electron chi connectivity index (χ0n) is 7.29. The van der Waals surface area contributed by atoms with E-state index in [1.54, 1.807) is 6.07 Å². The Kier molecular flexibility index (Phi) is 1.38. The van der Waals surface area contributed by atoms with Crippen LogP contribution < -0.4 is 0 Å². The van der Waals surface area contributed by atoms with Crippen molar-refractivity contribution in [2.75, 3.05) is 0 Å². The molecule has 0 unspecified atom stereocenters. The van der Waals surface area contributed by atoms with Gasteiger partial charge in [0, 0.05) is 10.8 Å². The molecule has 2 aromatic carbocycles. The summed E-state index contributed by atoms with van der Waals surface area (Å²) in [4.78, 5) is -0.560. The van der Waals surface area contributed by atoms with E-state index >= 15 is 0 Å². The molecule has 0 aromatic heterocycles. The van der Waals surface area contributed by atoms with Gasteiger partial charge in [-0.05, 0) is 0 Å². The lowest BCUT2D eigenvalue weighted by atomic mass is 10.1. The lowest BCUT2D eigenvalue weighted by molar-refractivity contribution is 0.498. The van der Waals surface area contributed by atoms with Gasteiger partial charge in [0.15, 0.2) is 11.6 Å². The predicted molar refractivity (Wildman–Crippen MR) is 49.3 cm³/mol. The first-order valence-electron chi connectivity index (χ1n) is 4.20. The summed E-state index contributed by atoms with van der Waals surface area (Å²) in [5, 5.41) is 0.265. The second-order valence-corrected chi connectivity index (χ2v) is 5.16. The first-order valence-corrected chi connectivity index (χ1v) is 5.68. The zero-order chi connectivity index (χ0) is 10.8. The number of sulfone groups is 1. The maximum Gasteiger partial charge on any atom is 0.212 e. The molecule has 76 valence electrons. The minimum atomic E-state index is -3.67. The standard InChI is InChI=1S/C10H4F2O2S/c11-7-5-3-1-2-4-6(5)9-10(8(7)12)15(9,13)14/h1-4H. The summed E-state index contributed by atoms with van der Waals surface area (Å²) in [6.07, 6.45) is 0. The van der Waals surface area contributed by atoms with Crippen molar-refractivity contribution in [3.8, 4) is 0 Å². The number of fused-ring (bicyclic) bond motifs is 3. The van der Waals surface area contributed by atoms with E-state index in [1.807, 2.05) is 0 Å². The van der Waals surface area contributed by atoms with Crippen LogP contribution in [-0.4, -0.2) is 8.42 Å². The molecule has 15 heavy (non-hydrogen) atoms. The van der Waals surface area contributed by atoms with E-state index in [-0.39, 0.29) is 15.7 Å².